The molecule has 5 nitrogen and oxygen atoms in total. The molecule has 0 aliphatic carbocycles. The minimum atomic E-state index is -3.66. The van der Waals surface area contributed by atoms with Crippen LogP contribution in [0.5, 0.6) is 0 Å². The molecule has 0 fully saturated rings. The van der Waals surface area contributed by atoms with E-state index in [1.54, 1.807) is 42.5 Å². The second-order valence-electron chi connectivity index (χ2n) is 6.43. The SMILES string of the molecule is Cc1ccc(S(=O)(=O)Nc2ccc3oc(-c4ccccc4C)nc3c2)cc1. The van der Waals surface area contributed by atoms with Crippen molar-refractivity contribution in [3.8, 4) is 11.5 Å². The Morgan fingerprint density at radius 3 is 2.41 bits per heavy atom. The van der Waals surface area contributed by atoms with E-state index in [0.29, 0.717) is 22.7 Å². The van der Waals surface area contributed by atoms with Gasteiger partial charge in [-0.25, -0.2) is 13.4 Å². The quantitative estimate of drug-likeness (QED) is 0.547. The maximum absolute atomic E-state index is 12.6. The highest BCUT2D eigenvalue weighted by atomic mass is 32.2. The Balaban J connectivity index is 1.68. The number of sulfonamides is 1. The number of benzene rings is 3. The molecular weight excluding hydrogens is 360 g/mol. The molecule has 3 aromatic carbocycles. The van der Waals surface area contributed by atoms with Crippen LogP contribution in [0.4, 0.5) is 5.69 Å². The van der Waals surface area contributed by atoms with E-state index in [-0.39, 0.29) is 4.90 Å². The summed E-state index contributed by atoms with van der Waals surface area (Å²) in [4.78, 5) is 4.73. The third-order valence-corrected chi connectivity index (χ3v) is 5.74. The number of rotatable bonds is 4. The zero-order valence-electron chi connectivity index (χ0n) is 14.9. The number of fused-ring (bicyclic) bond motifs is 1. The molecule has 0 spiro atoms. The highest BCUT2D eigenvalue weighted by molar-refractivity contribution is 7.92. The predicted molar refractivity (Wildman–Crippen MR) is 106 cm³/mol. The van der Waals surface area contributed by atoms with Gasteiger partial charge in [0.05, 0.1) is 10.6 Å². The van der Waals surface area contributed by atoms with Gasteiger partial charge in [0.15, 0.2) is 5.58 Å². The average Bonchev–Trinajstić information content (AvgIpc) is 3.05. The number of hydrogen-bond donors (Lipinski definition) is 1. The van der Waals surface area contributed by atoms with Crippen molar-refractivity contribution in [1.82, 2.24) is 4.98 Å². The zero-order chi connectivity index (χ0) is 19.0. The maximum atomic E-state index is 12.6. The van der Waals surface area contributed by atoms with Crippen LogP contribution in [0.15, 0.2) is 76.0 Å². The van der Waals surface area contributed by atoms with Crippen LogP contribution in [0.2, 0.25) is 0 Å². The van der Waals surface area contributed by atoms with Gasteiger partial charge < -0.3 is 4.42 Å². The minimum Gasteiger partial charge on any atom is -0.436 e. The largest absolute Gasteiger partial charge is 0.436 e. The smallest absolute Gasteiger partial charge is 0.261 e. The fourth-order valence-corrected chi connectivity index (χ4v) is 3.90. The fraction of sp³-hybridized carbons (Fsp3) is 0.0952. The van der Waals surface area contributed by atoms with Crippen LogP contribution in [0, 0.1) is 13.8 Å². The molecule has 1 aromatic heterocycles. The van der Waals surface area contributed by atoms with Gasteiger partial charge in [-0.1, -0.05) is 35.9 Å². The van der Waals surface area contributed by atoms with Crippen molar-refractivity contribution in [2.75, 3.05) is 4.72 Å². The minimum absolute atomic E-state index is 0.217. The van der Waals surface area contributed by atoms with Crippen LogP contribution in [-0.2, 0) is 10.0 Å². The van der Waals surface area contributed by atoms with Gasteiger partial charge in [-0.2, -0.15) is 0 Å². The molecule has 0 aliphatic rings. The highest BCUT2D eigenvalue weighted by Gasteiger charge is 2.16. The third-order valence-electron chi connectivity index (χ3n) is 4.35. The normalized spacial score (nSPS) is 11.6. The molecule has 0 aliphatic heterocycles. The van der Waals surface area contributed by atoms with Crippen LogP contribution in [0.25, 0.3) is 22.6 Å². The lowest BCUT2D eigenvalue weighted by Gasteiger charge is -2.08. The number of aromatic nitrogens is 1. The molecule has 4 aromatic rings. The molecule has 136 valence electrons. The van der Waals surface area contributed by atoms with Crippen molar-refractivity contribution in [1.29, 1.82) is 0 Å². The Bertz CT molecular complexity index is 1230. The predicted octanol–water partition coefficient (Wildman–Crippen LogP) is 4.91. The molecule has 0 saturated heterocycles. The van der Waals surface area contributed by atoms with Crippen molar-refractivity contribution in [2.24, 2.45) is 0 Å². The first-order valence-electron chi connectivity index (χ1n) is 8.48. The van der Waals surface area contributed by atoms with Crippen molar-refractivity contribution < 1.29 is 12.8 Å². The highest BCUT2D eigenvalue weighted by Crippen LogP contribution is 2.28. The van der Waals surface area contributed by atoms with E-state index >= 15 is 0 Å². The zero-order valence-corrected chi connectivity index (χ0v) is 15.7. The molecule has 1 heterocycles. The Kier molecular flexibility index (Phi) is 4.20. The molecule has 0 atom stereocenters. The van der Waals surface area contributed by atoms with E-state index in [9.17, 15) is 8.42 Å². The molecule has 0 saturated carbocycles. The maximum Gasteiger partial charge on any atom is 0.261 e. The molecule has 0 amide bonds. The van der Waals surface area contributed by atoms with E-state index in [0.717, 1.165) is 16.7 Å². The Morgan fingerprint density at radius 1 is 0.926 bits per heavy atom. The molecular formula is C21H18N2O3S. The van der Waals surface area contributed by atoms with Gasteiger partial charge in [0, 0.05) is 5.56 Å². The Morgan fingerprint density at radius 2 is 1.67 bits per heavy atom. The average molecular weight is 378 g/mol. The summed E-state index contributed by atoms with van der Waals surface area (Å²) in [5.41, 5.74) is 4.61. The van der Waals surface area contributed by atoms with Crippen molar-refractivity contribution >= 4 is 26.8 Å². The number of hydrogen-bond acceptors (Lipinski definition) is 4. The molecule has 27 heavy (non-hydrogen) atoms. The van der Waals surface area contributed by atoms with Crippen LogP contribution in [-0.4, -0.2) is 13.4 Å². The first-order valence-corrected chi connectivity index (χ1v) is 9.97. The number of nitrogens with one attached hydrogen (secondary N) is 1. The van der Waals surface area contributed by atoms with Crippen LogP contribution >= 0.6 is 0 Å². The van der Waals surface area contributed by atoms with Crippen molar-refractivity contribution in [3.63, 3.8) is 0 Å². The van der Waals surface area contributed by atoms with Gasteiger partial charge >= 0.3 is 0 Å². The van der Waals surface area contributed by atoms with Gasteiger partial charge in [-0.3, -0.25) is 4.72 Å². The monoisotopic (exact) mass is 378 g/mol. The third kappa shape index (κ3) is 3.44. The molecule has 4 rings (SSSR count). The first kappa shape index (κ1) is 17.3. The summed E-state index contributed by atoms with van der Waals surface area (Å²) in [6.07, 6.45) is 0. The van der Waals surface area contributed by atoms with E-state index in [2.05, 4.69) is 9.71 Å². The van der Waals surface area contributed by atoms with Crippen LogP contribution < -0.4 is 4.72 Å². The lowest BCUT2D eigenvalue weighted by atomic mass is 10.1. The fourth-order valence-electron chi connectivity index (χ4n) is 2.85. The van der Waals surface area contributed by atoms with Gasteiger partial charge in [0.25, 0.3) is 10.0 Å². The lowest BCUT2D eigenvalue weighted by molar-refractivity contribution is 0.601. The first-order chi connectivity index (χ1) is 12.9. The van der Waals surface area contributed by atoms with Crippen LogP contribution in [0.3, 0.4) is 0 Å². The summed E-state index contributed by atoms with van der Waals surface area (Å²) >= 11 is 0. The Hall–Kier alpha value is -3.12. The second-order valence-corrected chi connectivity index (χ2v) is 8.12. The van der Waals surface area contributed by atoms with Crippen LogP contribution in [0.1, 0.15) is 11.1 Å². The van der Waals surface area contributed by atoms with Gasteiger partial charge in [-0.05, 0) is 55.8 Å². The second kappa shape index (κ2) is 6.55. The number of oxazole rings is 1. The number of aryl methyl sites for hydroxylation is 2. The standard InChI is InChI=1S/C21H18N2O3S/c1-14-7-10-17(11-8-14)27(24,25)23-16-9-12-20-19(13-16)22-21(26-20)18-6-4-3-5-15(18)2/h3-13,23H,1-2H3. The topological polar surface area (TPSA) is 72.2 Å². The van der Waals surface area contributed by atoms with Gasteiger partial charge in [0.2, 0.25) is 5.89 Å². The summed E-state index contributed by atoms with van der Waals surface area (Å²) in [5, 5.41) is 0. The van der Waals surface area contributed by atoms with E-state index < -0.39 is 10.0 Å². The molecule has 0 bridgehead atoms. The Labute approximate surface area is 157 Å². The molecule has 0 unspecified atom stereocenters. The molecule has 6 heteroatoms. The summed E-state index contributed by atoms with van der Waals surface area (Å²) in [6.45, 7) is 3.90. The summed E-state index contributed by atoms with van der Waals surface area (Å²) in [7, 11) is -3.66. The summed E-state index contributed by atoms with van der Waals surface area (Å²) in [6, 6.07) is 19.6. The number of nitrogens with zero attached hydrogens (tertiary/aromatic N) is 1. The molecule has 0 radical (unpaired) electrons. The molecule has 1 N–H and O–H groups in total. The lowest BCUT2D eigenvalue weighted by Crippen LogP contribution is -2.12. The van der Waals surface area contributed by atoms with E-state index in [1.807, 2.05) is 38.1 Å². The van der Waals surface area contributed by atoms with Crippen molar-refractivity contribution in [3.05, 3.63) is 77.9 Å². The van der Waals surface area contributed by atoms with Gasteiger partial charge in [0.1, 0.15) is 5.52 Å². The van der Waals surface area contributed by atoms with Crippen molar-refractivity contribution in [2.45, 2.75) is 18.7 Å². The summed E-state index contributed by atoms with van der Waals surface area (Å²) < 4.78 is 33.6. The van der Waals surface area contributed by atoms with E-state index in [1.165, 1.54) is 0 Å². The van der Waals surface area contributed by atoms with E-state index in [4.69, 9.17) is 4.42 Å². The number of anilines is 1. The summed E-state index contributed by atoms with van der Waals surface area (Å²) in [5.74, 6) is 0.515. The van der Waals surface area contributed by atoms with Gasteiger partial charge in [-0.15, -0.1) is 0 Å².